The molecule has 0 spiro atoms. The topological polar surface area (TPSA) is 9.23 Å². The van der Waals surface area contributed by atoms with Crippen LogP contribution in [0.3, 0.4) is 0 Å². The van der Waals surface area contributed by atoms with Gasteiger partial charge in [0.15, 0.2) is 11.8 Å². The van der Waals surface area contributed by atoms with Crippen LogP contribution in [0.2, 0.25) is 0 Å². The molecule has 1 nitrogen and oxygen atoms in total. The molecule has 0 N–H and O–H groups in total. The summed E-state index contributed by atoms with van der Waals surface area (Å²) in [5, 5.41) is 0.360. The molecule has 0 aromatic rings. The molecular weight excluding hydrogens is 367 g/mol. The minimum absolute atomic E-state index is 0. The van der Waals surface area contributed by atoms with E-state index in [1.165, 1.54) is 0 Å². The van der Waals surface area contributed by atoms with Crippen LogP contribution in [0.1, 0.15) is 14.4 Å². The molecule has 0 aliphatic carbocycles. The Morgan fingerprint density at radius 3 is 2.29 bits per heavy atom. The Bertz CT molecular complexity index is 181. The monoisotopic (exact) mass is 382 g/mol. The van der Waals surface area contributed by atoms with E-state index >= 15 is 0 Å². The van der Waals surface area contributed by atoms with Gasteiger partial charge in [-0.15, -0.1) is 6.61 Å². The molecule has 0 saturated carbocycles. The zero-order valence-corrected chi connectivity index (χ0v) is 15.6. The predicted octanol–water partition coefficient (Wildman–Crippen LogP) is 4.55. The van der Waals surface area contributed by atoms with E-state index in [1.54, 1.807) is 22.8 Å². The van der Waals surface area contributed by atoms with Gasteiger partial charge in [0, 0.05) is 39.0 Å². The van der Waals surface area contributed by atoms with Gasteiger partial charge in [-0.25, -0.2) is 0 Å². The predicted molar refractivity (Wildman–Crippen MR) is 77.2 cm³/mol. The van der Waals surface area contributed by atoms with Crippen molar-refractivity contribution in [3.05, 3.63) is 6.61 Å². The summed E-state index contributed by atoms with van der Waals surface area (Å²) in [4.78, 5) is 0. The molecule has 81 valence electrons. The van der Waals surface area contributed by atoms with Gasteiger partial charge in [-0.05, 0) is 5.25 Å². The van der Waals surface area contributed by atoms with Crippen LogP contribution in [0.4, 0.5) is 0 Å². The third-order valence-corrected chi connectivity index (χ3v) is 7.55. The molecule has 0 heterocycles. The van der Waals surface area contributed by atoms with Gasteiger partial charge in [-0.1, -0.05) is 14.4 Å². The molecule has 0 aliphatic rings. The molecule has 3 unspecified atom stereocenters. The third kappa shape index (κ3) is 14.8. The Morgan fingerprint density at radius 2 is 1.93 bits per heavy atom. The first-order valence-electron chi connectivity index (χ1n) is 3.15. The minimum atomic E-state index is -0.732. The zero-order chi connectivity index (χ0) is 9.56. The fourth-order valence-corrected chi connectivity index (χ4v) is 4.79. The second-order valence-electron chi connectivity index (χ2n) is 1.90. The van der Waals surface area contributed by atoms with Crippen molar-refractivity contribution in [3.63, 3.8) is 0 Å². The SMILES string of the molecule is C.CS[P+](=S)O[CH-]C(C)S[P+](C)=S.[Y]. The van der Waals surface area contributed by atoms with Crippen LogP contribution in [0, 0.1) is 6.61 Å². The van der Waals surface area contributed by atoms with E-state index in [0.29, 0.717) is 5.25 Å². The number of hydrogen-bond donors (Lipinski definition) is 0. The first kappa shape index (κ1) is 22.0. The molecule has 0 aromatic heterocycles. The van der Waals surface area contributed by atoms with E-state index in [9.17, 15) is 0 Å². The molecule has 0 rings (SSSR count). The first-order valence-corrected chi connectivity index (χ1v) is 11.5. The maximum atomic E-state index is 5.31. The number of rotatable bonds is 6. The fourth-order valence-electron chi connectivity index (χ4n) is 0.437. The van der Waals surface area contributed by atoms with Gasteiger partial charge in [0.25, 0.3) is 0 Å². The molecule has 0 aliphatic heterocycles. The minimum Gasteiger partial charge on any atom is -0.331 e. The number of hydrogen-bond acceptors (Lipinski definition) is 5. The van der Waals surface area contributed by atoms with Crippen LogP contribution >= 0.6 is 34.8 Å². The van der Waals surface area contributed by atoms with Gasteiger partial charge in [-0.2, -0.15) is 0 Å². The van der Waals surface area contributed by atoms with E-state index in [0.717, 1.165) is 0 Å². The average molecular weight is 382 g/mol. The van der Waals surface area contributed by atoms with Crippen molar-refractivity contribution >= 4 is 58.4 Å². The summed E-state index contributed by atoms with van der Waals surface area (Å²) in [6.07, 6.45) is 1.23. The van der Waals surface area contributed by atoms with E-state index < -0.39 is 6.13 Å². The first-order chi connectivity index (χ1) is 5.56. The normalized spacial score (nSPS) is 13.4. The Morgan fingerprint density at radius 1 is 1.43 bits per heavy atom. The molecule has 0 fully saturated rings. The van der Waals surface area contributed by atoms with E-state index in [1.807, 2.05) is 12.9 Å². The molecule has 0 amide bonds. The molecule has 0 aromatic carbocycles. The summed E-state index contributed by atoms with van der Waals surface area (Å²) < 4.78 is 5.31. The molecule has 0 saturated heterocycles. The Labute approximate surface area is 133 Å². The summed E-state index contributed by atoms with van der Waals surface area (Å²) >= 11 is 13.4. The van der Waals surface area contributed by atoms with Crippen LogP contribution in [0.15, 0.2) is 0 Å². The fraction of sp³-hybridized carbons (Fsp3) is 0.833. The van der Waals surface area contributed by atoms with Crippen molar-refractivity contribution in [2.75, 3.05) is 12.9 Å². The molecule has 8 heteroatoms. The molecule has 14 heavy (non-hydrogen) atoms. The molecular formula is C6H15OP2S4Y+. The quantitative estimate of drug-likeness (QED) is 0.491. The standard InChI is InChI=1S/C5H11OP2S4.CH4.Y/c1-5(12-7(2)9)4-6-8(10)11-3;;/h4-5H,1-3H3;1H4;/q+1;;. The van der Waals surface area contributed by atoms with Crippen molar-refractivity contribution in [2.45, 2.75) is 19.6 Å². The second kappa shape index (κ2) is 13.9. The van der Waals surface area contributed by atoms with Gasteiger partial charge in [0.2, 0.25) is 17.7 Å². The maximum Gasteiger partial charge on any atom is 0.380 e. The van der Waals surface area contributed by atoms with E-state index in [4.69, 9.17) is 28.1 Å². The van der Waals surface area contributed by atoms with Crippen LogP contribution < -0.4 is 0 Å². The van der Waals surface area contributed by atoms with Crippen molar-refractivity contribution in [1.29, 1.82) is 0 Å². The van der Waals surface area contributed by atoms with Crippen molar-refractivity contribution < 1.29 is 37.2 Å². The van der Waals surface area contributed by atoms with E-state index in [2.05, 4.69) is 13.6 Å². The largest absolute Gasteiger partial charge is 0.380 e. The second-order valence-corrected chi connectivity index (χ2v) is 13.1. The summed E-state index contributed by atoms with van der Waals surface area (Å²) in [6.45, 7) is 5.95. The van der Waals surface area contributed by atoms with Crippen LogP contribution in [-0.4, -0.2) is 18.2 Å². The Kier molecular flexibility index (Phi) is 21.8. The molecule has 0 bridgehead atoms. The maximum absolute atomic E-state index is 5.31. The van der Waals surface area contributed by atoms with Gasteiger partial charge in [-0.3, -0.25) is 0 Å². The van der Waals surface area contributed by atoms with Gasteiger partial charge >= 0.3 is 6.13 Å². The van der Waals surface area contributed by atoms with Gasteiger partial charge < -0.3 is 4.52 Å². The Hall–Kier alpha value is 2.80. The van der Waals surface area contributed by atoms with Crippen molar-refractivity contribution in [3.8, 4) is 0 Å². The summed E-state index contributed by atoms with van der Waals surface area (Å²) in [7, 11) is 0. The molecule has 3 atom stereocenters. The smallest absolute Gasteiger partial charge is 0.331 e. The summed E-state index contributed by atoms with van der Waals surface area (Å²) in [5.41, 5.74) is 0. The van der Waals surface area contributed by atoms with Crippen LogP contribution in [0.25, 0.3) is 0 Å². The zero-order valence-electron chi connectivity index (χ0n) is 7.67. The Balaban J connectivity index is -0.000000605. The van der Waals surface area contributed by atoms with Crippen molar-refractivity contribution in [1.82, 2.24) is 0 Å². The van der Waals surface area contributed by atoms with Crippen LogP contribution in [0.5, 0.6) is 0 Å². The van der Waals surface area contributed by atoms with Gasteiger partial charge in [0.1, 0.15) is 18.0 Å². The van der Waals surface area contributed by atoms with E-state index in [-0.39, 0.29) is 46.0 Å². The van der Waals surface area contributed by atoms with Crippen LogP contribution in [-0.2, 0) is 60.8 Å². The average Bonchev–Trinajstić information content (AvgIpc) is 1.99. The van der Waals surface area contributed by atoms with Gasteiger partial charge in [0.05, 0.1) is 11.4 Å². The van der Waals surface area contributed by atoms with Crippen molar-refractivity contribution in [2.24, 2.45) is 0 Å². The summed E-state index contributed by atoms with van der Waals surface area (Å²) in [5.74, 6) is -0.320. The molecule has 1 radical (unpaired) electrons. The summed E-state index contributed by atoms with van der Waals surface area (Å²) in [6, 6.07) is 0. The third-order valence-electron chi connectivity index (χ3n) is 0.802.